The molecule has 0 unspecified atom stereocenters. The van der Waals surface area contributed by atoms with E-state index in [-0.39, 0.29) is 50.7 Å². The van der Waals surface area contributed by atoms with Crippen LogP contribution in [-0.2, 0) is 11.2 Å². The molecule has 0 aliphatic carbocycles. The minimum atomic E-state index is -0.223. The van der Waals surface area contributed by atoms with Gasteiger partial charge < -0.3 is 9.30 Å². The number of amides is 1. The van der Waals surface area contributed by atoms with Crippen molar-refractivity contribution in [2.45, 2.75) is 40.2 Å². The molecular weight excluding hydrogens is 356 g/mol. The summed E-state index contributed by atoms with van der Waals surface area (Å²) in [5.41, 5.74) is 1.97. The van der Waals surface area contributed by atoms with E-state index in [2.05, 4.69) is 20.3 Å². The number of hydrogen-bond acceptors (Lipinski definition) is 6. The second-order valence-electron chi connectivity index (χ2n) is 6.24. The molecule has 0 saturated carbocycles. The Morgan fingerprint density at radius 1 is 1.29 bits per heavy atom. The zero-order valence-corrected chi connectivity index (χ0v) is 15.2. The van der Waals surface area contributed by atoms with E-state index >= 15 is 0 Å². The van der Waals surface area contributed by atoms with Crippen molar-refractivity contribution in [3.8, 4) is 11.9 Å². The summed E-state index contributed by atoms with van der Waals surface area (Å²) < 4.78 is 7.47. The molecule has 0 bridgehead atoms. The van der Waals surface area contributed by atoms with Crippen molar-refractivity contribution >= 4 is 23.0 Å². The minimum Gasteiger partial charge on any atom is -0.475 e. The maximum absolute atomic E-state index is 12.3. The lowest BCUT2D eigenvalue weighted by molar-refractivity contribution is -0.115. The van der Waals surface area contributed by atoms with Gasteiger partial charge in [0.2, 0.25) is 17.7 Å². The summed E-state index contributed by atoms with van der Waals surface area (Å²) in [4.78, 5) is 25.4. The molecule has 3 rings (SSSR count). The van der Waals surface area contributed by atoms with Gasteiger partial charge in [-0.25, -0.2) is 4.98 Å². The number of rotatable bonds is 7. The second-order valence-corrected chi connectivity index (χ2v) is 6.24. The molecule has 8 heteroatoms. The zero-order chi connectivity index (χ0) is 19.2. The fraction of sp³-hybridized carbons (Fsp3) is 0.350. The predicted octanol–water partition coefficient (Wildman–Crippen LogP) is 3.52. The molecule has 8 nitrogen and oxygen atoms in total. The Kier molecular flexibility index (Phi) is 7.04. The second kappa shape index (κ2) is 9.46. The van der Waals surface area contributed by atoms with Crippen LogP contribution in [0.15, 0.2) is 36.7 Å². The highest BCUT2D eigenvalue weighted by Crippen LogP contribution is 2.25. The summed E-state index contributed by atoms with van der Waals surface area (Å²) in [7, 11) is 0. The predicted molar refractivity (Wildman–Crippen MR) is 107 cm³/mol. The van der Waals surface area contributed by atoms with Crippen LogP contribution < -0.4 is 10.1 Å². The topological polar surface area (TPSA) is 106 Å². The van der Waals surface area contributed by atoms with Crippen molar-refractivity contribution in [1.82, 2.24) is 19.5 Å². The summed E-state index contributed by atoms with van der Waals surface area (Å²) in [6.07, 6.45) is 2.11. The monoisotopic (exact) mass is 380 g/mol. The van der Waals surface area contributed by atoms with Gasteiger partial charge in [-0.2, -0.15) is 15.2 Å². The first-order valence-corrected chi connectivity index (χ1v) is 8.66. The van der Waals surface area contributed by atoms with Crippen LogP contribution >= 0.6 is 0 Å². The number of hydrogen-bond donors (Lipinski definition) is 1. The van der Waals surface area contributed by atoms with E-state index in [9.17, 15) is 4.79 Å². The van der Waals surface area contributed by atoms with Crippen molar-refractivity contribution < 1.29 is 9.53 Å². The van der Waals surface area contributed by atoms with Gasteiger partial charge in [0.05, 0.1) is 25.2 Å². The number of fused-ring (bicyclic) bond motifs is 1. The van der Waals surface area contributed by atoms with Crippen LogP contribution in [0.5, 0.6) is 5.88 Å². The molecule has 0 fully saturated rings. The maximum Gasteiger partial charge on any atom is 0.247 e. The molecule has 0 aliphatic rings. The van der Waals surface area contributed by atoms with E-state index in [0.717, 1.165) is 5.56 Å². The number of imidazole rings is 1. The third kappa shape index (κ3) is 4.82. The van der Waals surface area contributed by atoms with Gasteiger partial charge in [-0.05, 0) is 19.4 Å². The average molecular weight is 380 g/mol. The van der Waals surface area contributed by atoms with Crippen molar-refractivity contribution in [2.75, 3.05) is 11.9 Å². The van der Waals surface area contributed by atoms with E-state index < -0.39 is 0 Å². The first-order chi connectivity index (χ1) is 13.1. The Labute approximate surface area is 164 Å². The van der Waals surface area contributed by atoms with Crippen molar-refractivity contribution in [3.63, 3.8) is 0 Å². The highest BCUT2D eigenvalue weighted by molar-refractivity contribution is 5.91. The minimum absolute atomic E-state index is 0. The summed E-state index contributed by atoms with van der Waals surface area (Å²) >= 11 is 0. The molecule has 28 heavy (non-hydrogen) atoms. The first kappa shape index (κ1) is 20.8. The van der Waals surface area contributed by atoms with Crippen LogP contribution in [-0.4, -0.2) is 32.0 Å². The average Bonchev–Trinajstić information content (AvgIpc) is 3.07. The van der Waals surface area contributed by atoms with E-state index in [0.29, 0.717) is 11.2 Å². The lowest BCUT2D eigenvalue weighted by atomic mass is 10.1. The smallest absolute Gasteiger partial charge is 0.247 e. The lowest BCUT2D eigenvalue weighted by Gasteiger charge is -2.11. The number of nitrogens with zero attached hydrogens (tertiary/aromatic N) is 5. The molecule has 2 aromatic heterocycles. The molecule has 0 aliphatic heterocycles. The number of aromatic nitrogens is 4. The number of nitrogens with one attached hydrogen (secondary N) is 1. The fourth-order valence-corrected chi connectivity index (χ4v) is 2.57. The number of nitriles is 1. The Hall–Kier alpha value is -3.47. The van der Waals surface area contributed by atoms with Crippen molar-refractivity contribution in [3.05, 3.63) is 42.2 Å². The fourth-order valence-electron chi connectivity index (χ4n) is 2.57. The van der Waals surface area contributed by atoms with E-state index in [1.165, 1.54) is 0 Å². The maximum atomic E-state index is 12.3. The summed E-state index contributed by atoms with van der Waals surface area (Å²) in [6.45, 7) is 4.20. The first-order valence-electron chi connectivity index (χ1n) is 8.66. The molecule has 1 amide bonds. The molecule has 0 radical (unpaired) electrons. The summed E-state index contributed by atoms with van der Waals surface area (Å²) in [5.74, 6) is 0.182. The third-order valence-electron chi connectivity index (χ3n) is 3.86. The number of carbonyl (C=O) groups is 1. The molecule has 3 aromatic rings. The van der Waals surface area contributed by atoms with Crippen LogP contribution in [0.4, 0.5) is 5.95 Å². The van der Waals surface area contributed by atoms with Crippen LogP contribution in [0.2, 0.25) is 0 Å². The quantitative estimate of drug-likeness (QED) is 0.629. The van der Waals surface area contributed by atoms with Gasteiger partial charge >= 0.3 is 0 Å². The Morgan fingerprint density at radius 2 is 2.04 bits per heavy atom. The van der Waals surface area contributed by atoms with Crippen molar-refractivity contribution in [1.29, 1.82) is 5.26 Å². The zero-order valence-electron chi connectivity index (χ0n) is 15.2. The van der Waals surface area contributed by atoms with Crippen molar-refractivity contribution in [2.24, 2.45) is 0 Å². The van der Waals surface area contributed by atoms with Crippen LogP contribution in [0.1, 0.15) is 39.3 Å². The summed E-state index contributed by atoms with van der Waals surface area (Å²) in [6, 6.07) is 11.6. The van der Waals surface area contributed by atoms with Crippen LogP contribution in [0.25, 0.3) is 11.2 Å². The van der Waals surface area contributed by atoms with E-state index in [1.807, 2.05) is 54.8 Å². The molecule has 0 spiro atoms. The van der Waals surface area contributed by atoms with Crippen LogP contribution in [0.3, 0.4) is 0 Å². The highest BCUT2D eigenvalue weighted by atomic mass is 16.5. The summed E-state index contributed by atoms with van der Waals surface area (Å²) in [5, 5.41) is 11.4. The molecule has 0 atom stereocenters. The SMILES string of the molecule is C.CC(C)n1cnc2c(OCCC#N)nc(NC(=O)Cc3ccccc3)nc21. The lowest BCUT2D eigenvalue weighted by Crippen LogP contribution is -2.17. The van der Waals surface area contributed by atoms with E-state index in [4.69, 9.17) is 10.00 Å². The third-order valence-corrected chi connectivity index (χ3v) is 3.86. The molecular formula is C20H24N6O2. The van der Waals surface area contributed by atoms with Gasteiger partial charge in [0, 0.05) is 6.04 Å². The number of ether oxygens (including phenoxy) is 1. The largest absolute Gasteiger partial charge is 0.475 e. The Balaban J connectivity index is 0.00000280. The van der Waals surface area contributed by atoms with E-state index in [1.54, 1.807) is 6.33 Å². The number of benzene rings is 1. The van der Waals surface area contributed by atoms with Gasteiger partial charge in [-0.15, -0.1) is 0 Å². The molecule has 1 aromatic carbocycles. The Bertz CT molecular complexity index is 976. The molecule has 2 heterocycles. The molecule has 146 valence electrons. The van der Waals surface area contributed by atoms with Gasteiger partial charge in [-0.3, -0.25) is 10.1 Å². The number of anilines is 1. The normalized spacial score (nSPS) is 10.4. The molecule has 0 saturated heterocycles. The Morgan fingerprint density at radius 3 is 2.71 bits per heavy atom. The van der Waals surface area contributed by atoms with Gasteiger partial charge in [-0.1, -0.05) is 37.8 Å². The molecule has 1 N–H and O–H groups in total. The van der Waals surface area contributed by atoms with Crippen LogP contribution in [0, 0.1) is 11.3 Å². The highest BCUT2D eigenvalue weighted by Gasteiger charge is 2.17. The standard InChI is InChI=1S/C19H20N6O2.CH4/c1-13(2)25-12-21-16-17(25)23-19(24-18(16)27-10-6-9-20)22-15(26)11-14-7-4-3-5-8-14;/h3-5,7-8,12-13H,6,10-11H2,1-2H3,(H,22,23,24,26);1H4. The number of carbonyl (C=O) groups excluding carboxylic acids is 1. The van der Waals surface area contributed by atoms with Gasteiger partial charge in [0.1, 0.15) is 6.61 Å². The van der Waals surface area contributed by atoms with Gasteiger partial charge in [0.25, 0.3) is 0 Å². The van der Waals surface area contributed by atoms with Gasteiger partial charge in [0.15, 0.2) is 11.2 Å².